The van der Waals surface area contributed by atoms with E-state index in [1.807, 2.05) is 0 Å². The van der Waals surface area contributed by atoms with Crippen molar-refractivity contribution in [2.24, 2.45) is 0 Å². The topological polar surface area (TPSA) is 23.6 Å². The zero-order chi connectivity index (χ0) is 12.4. The standard InChI is InChI=1S/C15H24N2O/c18-15(13-6-4-2-1-3-5-7-13)14-12-16-8-10-17(14)11-9-16/h6,14H,1-5,7-12H2. The van der Waals surface area contributed by atoms with Gasteiger partial charge < -0.3 is 0 Å². The van der Waals surface area contributed by atoms with E-state index in [2.05, 4.69) is 15.9 Å². The third kappa shape index (κ3) is 2.52. The number of hydrogen-bond acceptors (Lipinski definition) is 3. The average molecular weight is 248 g/mol. The molecule has 3 heteroatoms. The molecule has 3 nitrogen and oxygen atoms in total. The first kappa shape index (κ1) is 12.4. The van der Waals surface area contributed by atoms with E-state index in [1.165, 1.54) is 25.7 Å². The lowest BCUT2D eigenvalue weighted by Gasteiger charge is -2.46. The van der Waals surface area contributed by atoms with Crippen LogP contribution in [0.4, 0.5) is 0 Å². The molecule has 1 unspecified atom stereocenters. The van der Waals surface area contributed by atoms with E-state index in [0.717, 1.165) is 51.1 Å². The summed E-state index contributed by atoms with van der Waals surface area (Å²) in [6, 6.07) is 0.165. The van der Waals surface area contributed by atoms with Gasteiger partial charge in [0.1, 0.15) is 0 Å². The first-order chi connectivity index (χ1) is 8.84. The lowest BCUT2D eigenvalue weighted by molar-refractivity contribution is -0.125. The Labute approximate surface area is 110 Å². The van der Waals surface area contributed by atoms with Crippen molar-refractivity contribution in [3.63, 3.8) is 0 Å². The molecule has 4 rings (SSSR count). The maximum Gasteiger partial charge on any atom is 0.176 e. The highest BCUT2D eigenvalue weighted by Crippen LogP contribution is 2.23. The molecule has 0 spiro atoms. The summed E-state index contributed by atoms with van der Waals surface area (Å²) in [6.07, 6.45) is 9.46. The van der Waals surface area contributed by atoms with Gasteiger partial charge in [0.05, 0.1) is 6.04 Å². The van der Waals surface area contributed by atoms with Crippen molar-refractivity contribution >= 4 is 5.78 Å². The normalized spacial score (nSPS) is 36.7. The maximum atomic E-state index is 12.7. The summed E-state index contributed by atoms with van der Waals surface area (Å²) >= 11 is 0. The fourth-order valence-corrected chi connectivity index (χ4v) is 3.50. The van der Waals surface area contributed by atoms with Gasteiger partial charge in [0.15, 0.2) is 5.78 Å². The van der Waals surface area contributed by atoms with Crippen LogP contribution >= 0.6 is 0 Å². The number of carbonyl (C=O) groups is 1. The SMILES string of the molecule is O=C(C1=CCCCCCC1)C1CN2CCN1CC2. The van der Waals surface area contributed by atoms with Crippen molar-refractivity contribution in [3.8, 4) is 0 Å². The number of carbonyl (C=O) groups excluding carboxylic acids is 1. The van der Waals surface area contributed by atoms with Gasteiger partial charge in [-0.25, -0.2) is 0 Å². The zero-order valence-corrected chi connectivity index (χ0v) is 11.2. The van der Waals surface area contributed by atoms with Gasteiger partial charge in [-0.05, 0) is 31.3 Å². The number of ketones is 1. The molecule has 100 valence electrons. The number of Topliss-reactive ketones (excluding diaryl/α,β-unsaturated/α-hetero) is 1. The third-order valence-electron chi connectivity index (χ3n) is 4.69. The first-order valence-electron chi connectivity index (χ1n) is 7.54. The number of fused-ring (bicyclic) bond motifs is 3. The Bertz CT molecular complexity index is 342. The molecule has 0 aromatic carbocycles. The van der Waals surface area contributed by atoms with Gasteiger partial charge in [0, 0.05) is 32.7 Å². The quantitative estimate of drug-likeness (QED) is 0.745. The number of hydrogen-bond donors (Lipinski definition) is 0. The van der Waals surface area contributed by atoms with Crippen molar-refractivity contribution < 1.29 is 4.79 Å². The molecule has 4 aliphatic rings. The summed E-state index contributed by atoms with van der Waals surface area (Å²) in [5.41, 5.74) is 1.13. The molecule has 0 aromatic heterocycles. The van der Waals surface area contributed by atoms with E-state index < -0.39 is 0 Å². The Morgan fingerprint density at radius 1 is 1.06 bits per heavy atom. The molecule has 2 bridgehead atoms. The van der Waals surface area contributed by atoms with Crippen molar-refractivity contribution in [2.75, 3.05) is 32.7 Å². The second-order valence-electron chi connectivity index (χ2n) is 5.90. The number of piperazine rings is 3. The summed E-state index contributed by atoms with van der Waals surface area (Å²) in [5, 5.41) is 0. The van der Waals surface area contributed by atoms with E-state index in [1.54, 1.807) is 0 Å². The van der Waals surface area contributed by atoms with Crippen LogP contribution in [0.25, 0.3) is 0 Å². The van der Waals surface area contributed by atoms with Gasteiger partial charge in [-0.3, -0.25) is 14.6 Å². The number of nitrogens with zero attached hydrogens (tertiary/aromatic N) is 2. The molecule has 0 aromatic rings. The largest absolute Gasteiger partial charge is 0.299 e. The Morgan fingerprint density at radius 2 is 1.83 bits per heavy atom. The highest BCUT2D eigenvalue weighted by Gasteiger charge is 2.36. The first-order valence-corrected chi connectivity index (χ1v) is 7.54. The van der Waals surface area contributed by atoms with Crippen LogP contribution in [0.5, 0.6) is 0 Å². The fraction of sp³-hybridized carbons (Fsp3) is 0.800. The summed E-state index contributed by atoms with van der Waals surface area (Å²) in [4.78, 5) is 17.5. The highest BCUT2D eigenvalue weighted by molar-refractivity contribution is 5.99. The summed E-state index contributed by atoms with van der Waals surface area (Å²) in [7, 11) is 0. The van der Waals surface area contributed by atoms with E-state index in [0.29, 0.717) is 5.78 Å². The molecule has 0 radical (unpaired) electrons. The number of allylic oxidation sites excluding steroid dienone is 1. The van der Waals surface area contributed by atoms with Gasteiger partial charge >= 0.3 is 0 Å². The molecule has 3 aliphatic heterocycles. The molecule has 3 saturated heterocycles. The molecular weight excluding hydrogens is 224 g/mol. The lowest BCUT2D eigenvalue weighted by Crippen LogP contribution is -2.63. The van der Waals surface area contributed by atoms with Gasteiger partial charge in [0.25, 0.3) is 0 Å². The molecule has 0 saturated carbocycles. The smallest absolute Gasteiger partial charge is 0.176 e. The molecule has 1 aliphatic carbocycles. The molecule has 18 heavy (non-hydrogen) atoms. The molecule has 3 heterocycles. The Hall–Kier alpha value is -0.670. The van der Waals surface area contributed by atoms with Crippen LogP contribution < -0.4 is 0 Å². The predicted molar refractivity (Wildman–Crippen MR) is 72.6 cm³/mol. The van der Waals surface area contributed by atoms with Crippen LogP contribution in [0, 0.1) is 0 Å². The van der Waals surface area contributed by atoms with E-state index >= 15 is 0 Å². The minimum atomic E-state index is 0.165. The van der Waals surface area contributed by atoms with Crippen LogP contribution in [0.3, 0.4) is 0 Å². The van der Waals surface area contributed by atoms with Gasteiger partial charge in [-0.1, -0.05) is 18.9 Å². The zero-order valence-electron chi connectivity index (χ0n) is 11.2. The minimum absolute atomic E-state index is 0.165. The third-order valence-corrected chi connectivity index (χ3v) is 4.69. The predicted octanol–water partition coefficient (Wildman–Crippen LogP) is 1.84. The molecule has 3 fully saturated rings. The summed E-state index contributed by atoms with van der Waals surface area (Å²) < 4.78 is 0. The van der Waals surface area contributed by atoms with Crippen LogP contribution in [-0.2, 0) is 4.79 Å². The molecule has 1 atom stereocenters. The fourth-order valence-electron chi connectivity index (χ4n) is 3.50. The van der Waals surface area contributed by atoms with Crippen LogP contribution in [0.2, 0.25) is 0 Å². The van der Waals surface area contributed by atoms with E-state index in [4.69, 9.17) is 0 Å². The lowest BCUT2D eigenvalue weighted by atomic mass is 9.91. The maximum absolute atomic E-state index is 12.7. The van der Waals surface area contributed by atoms with Gasteiger partial charge in [0.2, 0.25) is 0 Å². The molecular formula is C15H24N2O. The Balaban J connectivity index is 1.69. The van der Waals surface area contributed by atoms with Gasteiger partial charge in [-0.15, -0.1) is 0 Å². The molecule has 0 amide bonds. The summed E-state index contributed by atoms with van der Waals surface area (Å²) in [6.45, 7) is 5.45. The van der Waals surface area contributed by atoms with Crippen molar-refractivity contribution in [2.45, 2.75) is 44.6 Å². The molecule has 0 N–H and O–H groups in total. The van der Waals surface area contributed by atoms with E-state index in [9.17, 15) is 4.79 Å². The highest BCUT2D eigenvalue weighted by atomic mass is 16.1. The second-order valence-corrected chi connectivity index (χ2v) is 5.90. The van der Waals surface area contributed by atoms with Crippen molar-refractivity contribution in [1.82, 2.24) is 9.80 Å². The van der Waals surface area contributed by atoms with Crippen LogP contribution in [0.15, 0.2) is 11.6 Å². The van der Waals surface area contributed by atoms with Crippen molar-refractivity contribution in [1.29, 1.82) is 0 Å². The van der Waals surface area contributed by atoms with Crippen LogP contribution in [-0.4, -0.2) is 54.3 Å². The minimum Gasteiger partial charge on any atom is -0.299 e. The Kier molecular flexibility index (Phi) is 3.80. The van der Waals surface area contributed by atoms with Gasteiger partial charge in [-0.2, -0.15) is 0 Å². The van der Waals surface area contributed by atoms with Crippen molar-refractivity contribution in [3.05, 3.63) is 11.6 Å². The second kappa shape index (κ2) is 5.54. The van der Waals surface area contributed by atoms with Crippen LogP contribution in [0.1, 0.15) is 38.5 Å². The number of rotatable bonds is 2. The van der Waals surface area contributed by atoms with E-state index in [-0.39, 0.29) is 6.04 Å². The monoisotopic (exact) mass is 248 g/mol. The Morgan fingerprint density at radius 3 is 2.56 bits per heavy atom. The average Bonchev–Trinajstić information content (AvgIpc) is 2.39. The summed E-state index contributed by atoms with van der Waals surface area (Å²) in [5.74, 6) is 0.432.